The smallest absolute Gasteiger partial charge is 0.255 e. The third-order valence-corrected chi connectivity index (χ3v) is 5.91. The van der Waals surface area contributed by atoms with E-state index in [1.807, 2.05) is 28.9 Å². The molecule has 0 bridgehead atoms. The lowest BCUT2D eigenvalue weighted by Crippen LogP contribution is -2.36. The molecule has 1 aliphatic rings. The molecule has 2 amide bonds. The van der Waals surface area contributed by atoms with E-state index in [9.17, 15) is 14.0 Å². The number of amides is 2. The van der Waals surface area contributed by atoms with E-state index < -0.39 is 11.7 Å². The number of carbonyl (C=O) groups excluding carboxylic acids is 2. The summed E-state index contributed by atoms with van der Waals surface area (Å²) in [7, 11) is 0. The van der Waals surface area contributed by atoms with Crippen LogP contribution in [-0.4, -0.2) is 21.6 Å². The number of rotatable bonds is 5. The highest BCUT2D eigenvalue weighted by atomic mass is 35.5. The summed E-state index contributed by atoms with van der Waals surface area (Å²) in [6, 6.07) is 22.2. The van der Waals surface area contributed by atoms with Crippen molar-refractivity contribution in [2.75, 3.05) is 10.2 Å². The van der Waals surface area contributed by atoms with Crippen LogP contribution < -0.4 is 10.2 Å². The van der Waals surface area contributed by atoms with E-state index >= 15 is 0 Å². The molecule has 6 nitrogen and oxygen atoms in total. The molecule has 0 aliphatic carbocycles. The van der Waals surface area contributed by atoms with Gasteiger partial charge in [-0.3, -0.25) is 14.5 Å². The number of halogens is 2. The fourth-order valence-electron chi connectivity index (χ4n) is 3.91. The molecule has 5 rings (SSSR count). The number of nitrogens with one attached hydrogen (secondary N) is 1. The highest BCUT2D eigenvalue weighted by molar-refractivity contribution is 6.30. The molecule has 34 heavy (non-hydrogen) atoms. The average molecular weight is 475 g/mol. The van der Waals surface area contributed by atoms with Gasteiger partial charge in [0.15, 0.2) is 0 Å². The number of anilines is 2. The lowest BCUT2D eigenvalue weighted by atomic mass is 10.1. The number of carbonyl (C=O) groups is 2. The quantitative estimate of drug-likeness (QED) is 0.413. The van der Waals surface area contributed by atoms with Gasteiger partial charge in [-0.15, -0.1) is 0 Å². The van der Waals surface area contributed by atoms with Crippen LogP contribution in [-0.2, 0) is 17.9 Å². The lowest BCUT2D eigenvalue weighted by Gasteiger charge is -2.27. The third-order valence-electron chi connectivity index (χ3n) is 5.67. The first-order valence-corrected chi connectivity index (χ1v) is 11.1. The minimum absolute atomic E-state index is 0.00594. The van der Waals surface area contributed by atoms with Crippen LogP contribution in [0.4, 0.5) is 15.9 Å². The molecule has 0 radical (unpaired) electrons. The van der Waals surface area contributed by atoms with Crippen molar-refractivity contribution in [1.29, 1.82) is 0 Å². The summed E-state index contributed by atoms with van der Waals surface area (Å²) in [5.74, 6) is -0.182. The van der Waals surface area contributed by atoms with Gasteiger partial charge >= 0.3 is 0 Å². The van der Waals surface area contributed by atoms with Crippen LogP contribution in [0.15, 0.2) is 78.9 Å². The summed E-state index contributed by atoms with van der Waals surface area (Å²) in [6.45, 7) is 0.856. The topological polar surface area (TPSA) is 67.2 Å². The number of aromatic nitrogens is 2. The molecule has 4 aromatic rings. The first kappa shape index (κ1) is 21.9. The third kappa shape index (κ3) is 4.43. The van der Waals surface area contributed by atoms with Crippen LogP contribution in [0.25, 0.3) is 11.3 Å². The van der Waals surface area contributed by atoms with Gasteiger partial charge in [-0.1, -0.05) is 48.0 Å². The maximum atomic E-state index is 13.8. The van der Waals surface area contributed by atoms with Crippen molar-refractivity contribution in [3.63, 3.8) is 0 Å². The second-order valence-electron chi connectivity index (χ2n) is 7.98. The standard InChI is InChI=1S/C26H20ClFN4O2/c27-20-5-3-4-19(14-20)23-15-24-31(25(33)12-13-32(24)30-23)16-17-8-10-18(11-9-17)26(34)29-22-7-2-1-6-21(22)28/h1-11,14-15H,12-13,16H2,(H,29,34). The van der Waals surface area contributed by atoms with Crippen molar-refractivity contribution in [3.05, 3.63) is 101 Å². The SMILES string of the molecule is O=C(Nc1ccccc1F)c1ccc(CN2C(=O)CCn3nc(-c4cccc(Cl)c4)cc32)cc1. The number of aryl methyl sites for hydroxylation is 1. The largest absolute Gasteiger partial charge is 0.319 e. The number of nitrogens with zero attached hydrogens (tertiary/aromatic N) is 3. The van der Waals surface area contributed by atoms with E-state index in [1.165, 1.54) is 12.1 Å². The van der Waals surface area contributed by atoms with Gasteiger partial charge in [-0.05, 0) is 42.0 Å². The molecule has 170 valence electrons. The van der Waals surface area contributed by atoms with E-state index in [-0.39, 0.29) is 11.6 Å². The van der Waals surface area contributed by atoms with Crippen molar-refractivity contribution in [2.24, 2.45) is 0 Å². The predicted octanol–water partition coefficient (Wildman–Crippen LogP) is 5.53. The van der Waals surface area contributed by atoms with Gasteiger partial charge in [0, 0.05) is 28.6 Å². The Bertz CT molecular complexity index is 1380. The molecule has 0 atom stereocenters. The maximum absolute atomic E-state index is 13.8. The Morgan fingerprint density at radius 1 is 1.03 bits per heavy atom. The molecule has 0 saturated heterocycles. The van der Waals surface area contributed by atoms with Crippen molar-refractivity contribution >= 4 is 34.9 Å². The number of benzene rings is 3. The zero-order chi connectivity index (χ0) is 23.7. The Morgan fingerprint density at radius 2 is 1.82 bits per heavy atom. The van der Waals surface area contributed by atoms with Gasteiger partial charge in [0.05, 0.1) is 24.5 Å². The molecule has 8 heteroatoms. The van der Waals surface area contributed by atoms with Crippen molar-refractivity contribution in [3.8, 4) is 11.3 Å². The van der Waals surface area contributed by atoms with Crippen molar-refractivity contribution in [2.45, 2.75) is 19.5 Å². The van der Waals surface area contributed by atoms with Gasteiger partial charge < -0.3 is 5.32 Å². The maximum Gasteiger partial charge on any atom is 0.255 e. The zero-order valence-electron chi connectivity index (χ0n) is 18.0. The summed E-state index contributed by atoms with van der Waals surface area (Å²) in [6.07, 6.45) is 0.354. The molecule has 3 aromatic carbocycles. The van der Waals surface area contributed by atoms with Gasteiger partial charge in [-0.2, -0.15) is 5.10 Å². The molecule has 0 fully saturated rings. The monoisotopic (exact) mass is 474 g/mol. The van der Waals surface area contributed by atoms with Gasteiger partial charge in [-0.25, -0.2) is 9.07 Å². The Hall–Kier alpha value is -3.97. The highest BCUT2D eigenvalue weighted by Crippen LogP contribution is 2.30. The Balaban J connectivity index is 1.34. The fourth-order valence-corrected chi connectivity index (χ4v) is 4.10. The summed E-state index contributed by atoms with van der Waals surface area (Å²) < 4.78 is 15.6. The number of hydrogen-bond acceptors (Lipinski definition) is 3. The van der Waals surface area contributed by atoms with E-state index in [0.717, 1.165) is 16.8 Å². The zero-order valence-corrected chi connectivity index (χ0v) is 18.8. The summed E-state index contributed by atoms with van der Waals surface area (Å²) in [5.41, 5.74) is 3.00. The minimum atomic E-state index is -0.496. The molecule has 0 unspecified atom stereocenters. The summed E-state index contributed by atoms with van der Waals surface area (Å²) in [4.78, 5) is 26.9. The van der Waals surface area contributed by atoms with E-state index in [4.69, 9.17) is 11.6 Å². The van der Waals surface area contributed by atoms with Gasteiger partial charge in [0.25, 0.3) is 5.91 Å². The summed E-state index contributed by atoms with van der Waals surface area (Å²) in [5, 5.41) is 7.84. The number of hydrogen-bond donors (Lipinski definition) is 1. The number of para-hydroxylation sites is 1. The van der Waals surface area contributed by atoms with Crippen LogP contribution in [0.5, 0.6) is 0 Å². The first-order chi connectivity index (χ1) is 16.5. The second-order valence-corrected chi connectivity index (χ2v) is 8.42. The Labute approximate surface area is 200 Å². The van der Waals surface area contributed by atoms with Crippen molar-refractivity contribution in [1.82, 2.24) is 9.78 Å². The van der Waals surface area contributed by atoms with Crippen LogP contribution >= 0.6 is 11.6 Å². The van der Waals surface area contributed by atoms with Gasteiger partial charge in [0.2, 0.25) is 5.91 Å². The van der Waals surface area contributed by atoms with Crippen LogP contribution in [0.1, 0.15) is 22.3 Å². The second kappa shape index (κ2) is 9.11. The number of fused-ring (bicyclic) bond motifs is 1. The van der Waals surface area contributed by atoms with E-state index in [1.54, 1.807) is 47.4 Å². The molecular formula is C26H20ClFN4O2. The fraction of sp³-hybridized carbons (Fsp3) is 0.115. The Morgan fingerprint density at radius 3 is 2.59 bits per heavy atom. The molecule has 0 spiro atoms. The summed E-state index contributed by atoms with van der Waals surface area (Å²) >= 11 is 6.12. The van der Waals surface area contributed by atoms with Crippen LogP contribution in [0, 0.1) is 5.82 Å². The minimum Gasteiger partial charge on any atom is -0.319 e. The van der Waals surface area contributed by atoms with Crippen molar-refractivity contribution < 1.29 is 14.0 Å². The average Bonchev–Trinajstić information content (AvgIpc) is 3.28. The van der Waals surface area contributed by atoms with E-state index in [0.29, 0.717) is 35.9 Å². The molecule has 1 N–H and O–H groups in total. The predicted molar refractivity (Wildman–Crippen MR) is 129 cm³/mol. The lowest BCUT2D eigenvalue weighted by molar-refractivity contribution is -0.119. The molecule has 0 saturated carbocycles. The molecule has 1 aliphatic heterocycles. The molecule has 1 aromatic heterocycles. The van der Waals surface area contributed by atoms with Crippen LogP contribution in [0.2, 0.25) is 5.02 Å². The Kier molecular flexibility index (Phi) is 5.86. The first-order valence-electron chi connectivity index (χ1n) is 10.8. The molecule has 2 heterocycles. The molecular weight excluding hydrogens is 455 g/mol. The highest BCUT2D eigenvalue weighted by Gasteiger charge is 2.26. The van der Waals surface area contributed by atoms with Gasteiger partial charge in [0.1, 0.15) is 11.6 Å². The van der Waals surface area contributed by atoms with E-state index in [2.05, 4.69) is 10.4 Å². The van der Waals surface area contributed by atoms with Crippen LogP contribution in [0.3, 0.4) is 0 Å². The normalized spacial score (nSPS) is 13.0.